The van der Waals surface area contributed by atoms with Gasteiger partial charge in [0.25, 0.3) is 0 Å². The predicted octanol–water partition coefficient (Wildman–Crippen LogP) is 3.54. The van der Waals surface area contributed by atoms with Crippen LogP contribution in [0.4, 0.5) is 0 Å². The molecular weight excluding hydrogens is 388 g/mol. The molecule has 1 aromatic carbocycles. The van der Waals surface area contributed by atoms with E-state index in [1.165, 1.54) is 5.56 Å². The summed E-state index contributed by atoms with van der Waals surface area (Å²) in [5, 5.41) is 3.45. The molecule has 1 aliphatic heterocycles. The van der Waals surface area contributed by atoms with Gasteiger partial charge in [0.2, 0.25) is 0 Å². The van der Waals surface area contributed by atoms with E-state index < -0.39 is 0 Å². The molecule has 1 aliphatic rings. The molecule has 1 N–H and O–H groups in total. The molecule has 0 aliphatic carbocycles. The molecule has 3 heterocycles. The molecule has 7 nitrogen and oxygen atoms in total. The second-order valence-corrected chi connectivity index (χ2v) is 7.74. The summed E-state index contributed by atoms with van der Waals surface area (Å²) in [7, 11) is 1.70. The lowest BCUT2D eigenvalue weighted by Gasteiger charge is -2.22. The number of hydrogen-bond donors (Lipinski definition) is 1. The van der Waals surface area contributed by atoms with Gasteiger partial charge in [0.1, 0.15) is 17.4 Å². The molecule has 0 bridgehead atoms. The molecule has 0 spiro atoms. The lowest BCUT2D eigenvalue weighted by atomic mass is 9.98. The van der Waals surface area contributed by atoms with Gasteiger partial charge in [0.15, 0.2) is 5.96 Å². The third-order valence-electron chi connectivity index (χ3n) is 5.70. The average Bonchev–Trinajstić information content (AvgIpc) is 3.46. The van der Waals surface area contributed by atoms with Gasteiger partial charge in [-0.3, -0.25) is 4.57 Å². The number of imidazole rings is 1. The number of guanidine groups is 1. The third kappa shape index (κ3) is 4.87. The fourth-order valence-corrected chi connectivity index (χ4v) is 3.97. The molecule has 1 atom stereocenters. The highest BCUT2D eigenvalue weighted by molar-refractivity contribution is 5.80. The van der Waals surface area contributed by atoms with Crippen LogP contribution in [-0.2, 0) is 6.54 Å². The van der Waals surface area contributed by atoms with Crippen molar-refractivity contribution < 1.29 is 4.74 Å². The van der Waals surface area contributed by atoms with Crippen LogP contribution in [0.3, 0.4) is 0 Å². The van der Waals surface area contributed by atoms with Crippen molar-refractivity contribution in [2.75, 3.05) is 26.7 Å². The summed E-state index contributed by atoms with van der Waals surface area (Å²) in [5.74, 6) is 4.17. The normalized spacial score (nSPS) is 16.5. The maximum atomic E-state index is 5.28. The van der Waals surface area contributed by atoms with Crippen LogP contribution in [0.5, 0.6) is 5.75 Å². The summed E-state index contributed by atoms with van der Waals surface area (Å²) >= 11 is 0. The second kappa shape index (κ2) is 9.64. The van der Waals surface area contributed by atoms with Crippen molar-refractivity contribution in [3.8, 4) is 11.6 Å². The summed E-state index contributed by atoms with van der Waals surface area (Å²) < 4.78 is 7.26. The number of aromatic nitrogens is 3. The van der Waals surface area contributed by atoms with Gasteiger partial charge >= 0.3 is 0 Å². The maximum Gasteiger partial charge on any atom is 0.194 e. The average molecular weight is 419 g/mol. The van der Waals surface area contributed by atoms with Gasteiger partial charge in [-0.1, -0.05) is 18.2 Å². The van der Waals surface area contributed by atoms with E-state index in [-0.39, 0.29) is 0 Å². The van der Waals surface area contributed by atoms with E-state index in [1.807, 2.05) is 42.1 Å². The molecule has 2 aromatic heterocycles. The molecule has 1 saturated heterocycles. The lowest BCUT2D eigenvalue weighted by Crippen LogP contribution is -2.40. The minimum Gasteiger partial charge on any atom is -0.497 e. The molecule has 31 heavy (non-hydrogen) atoms. The van der Waals surface area contributed by atoms with Crippen molar-refractivity contribution in [1.82, 2.24) is 24.8 Å². The zero-order valence-corrected chi connectivity index (χ0v) is 18.5. The Labute approximate surface area is 183 Å². The van der Waals surface area contributed by atoms with Crippen molar-refractivity contribution in [1.29, 1.82) is 0 Å². The zero-order valence-electron chi connectivity index (χ0n) is 18.5. The number of hydrogen-bond acceptors (Lipinski definition) is 4. The highest BCUT2D eigenvalue weighted by Crippen LogP contribution is 2.28. The molecule has 162 valence electrons. The Balaban J connectivity index is 1.41. The van der Waals surface area contributed by atoms with Crippen LogP contribution in [0, 0.1) is 6.92 Å². The lowest BCUT2D eigenvalue weighted by molar-refractivity contribution is 0.414. The molecule has 1 unspecified atom stereocenters. The number of nitrogens with one attached hydrogen (secondary N) is 1. The van der Waals surface area contributed by atoms with E-state index in [1.54, 1.807) is 13.3 Å². The van der Waals surface area contributed by atoms with Crippen LogP contribution in [0.25, 0.3) is 5.82 Å². The van der Waals surface area contributed by atoms with Gasteiger partial charge in [-0.15, -0.1) is 0 Å². The van der Waals surface area contributed by atoms with Crippen LogP contribution in [0.2, 0.25) is 0 Å². The number of nitrogens with zero attached hydrogens (tertiary/aromatic N) is 5. The first kappa shape index (κ1) is 20.9. The van der Waals surface area contributed by atoms with E-state index in [0.717, 1.165) is 55.0 Å². The Kier molecular flexibility index (Phi) is 6.50. The summed E-state index contributed by atoms with van der Waals surface area (Å²) in [6.07, 6.45) is 6.72. The van der Waals surface area contributed by atoms with Crippen molar-refractivity contribution in [2.45, 2.75) is 32.7 Å². The molecule has 7 heteroatoms. The SMILES string of the molecule is CCNC(=NCc1ccc(-n2ccnc2C)nc1)N1CCC(c2ccc(OC)cc2)C1. The van der Waals surface area contributed by atoms with E-state index in [0.29, 0.717) is 12.5 Å². The van der Waals surface area contributed by atoms with Crippen LogP contribution < -0.4 is 10.1 Å². The maximum absolute atomic E-state index is 5.28. The third-order valence-corrected chi connectivity index (χ3v) is 5.70. The first-order valence-corrected chi connectivity index (χ1v) is 10.8. The van der Waals surface area contributed by atoms with Gasteiger partial charge in [-0.2, -0.15) is 0 Å². The Morgan fingerprint density at radius 3 is 2.68 bits per heavy atom. The minimum absolute atomic E-state index is 0.508. The van der Waals surface area contributed by atoms with E-state index >= 15 is 0 Å². The zero-order chi connectivity index (χ0) is 21.6. The highest BCUT2D eigenvalue weighted by atomic mass is 16.5. The first-order valence-electron chi connectivity index (χ1n) is 10.8. The number of aryl methyl sites for hydroxylation is 1. The Bertz CT molecular complexity index is 1010. The molecule has 0 radical (unpaired) electrons. The fraction of sp³-hybridized carbons (Fsp3) is 0.375. The second-order valence-electron chi connectivity index (χ2n) is 7.74. The quantitative estimate of drug-likeness (QED) is 0.490. The number of likely N-dealkylation sites (tertiary alicyclic amines) is 1. The number of methoxy groups -OCH3 is 1. The predicted molar refractivity (Wildman–Crippen MR) is 123 cm³/mol. The minimum atomic E-state index is 0.508. The van der Waals surface area contributed by atoms with Crippen molar-refractivity contribution in [3.05, 3.63) is 71.9 Å². The number of ether oxygens (including phenoxy) is 1. The van der Waals surface area contributed by atoms with E-state index in [9.17, 15) is 0 Å². The van der Waals surface area contributed by atoms with Gasteiger partial charge in [0, 0.05) is 44.1 Å². The van der Waals surface area contributed by atoms with Crippen molar-refractivity contribution in [3.63, 3.8) is 0 Å². The largest absolute Gasteiger partial charge is 0.497 e. The Morgan fingerprint density at radius 1 is 1.19 bits per heavy atom. The number of aliphatic imine (C=N–C) groups is 1. The standard InChI is InChI=1S/C24H30N6O/c1-4-25-24(29-13-11-21(17-29)20-6-8-22(31-3)9-7-20)28-16-19-5-10-23(27-15-19)30-14-12-26-18(30)2/h5-10,12,14-15,21H,4,11,13,16-17H2,1-3H3,(H,25,28). The highest BCUT2D eigenvalue weighted by Gasteiger charge is 2.26. The molecule has 1 fully saturated rings. The summed E-state index contributed by atoms with van der Waals surface area (Å²) in [6.45, 7) is 7.49. The van der Waals surface area contributed by atoms with E-state index in [4.69, 9.17) is 9.73 Å². The van der Waals surface area contributed by atoms with Gasteiger partial charge in [0.05, 0.1) is 13.7 Å². The van der Waals surface area contributed by atoms with Gasteiger partial charge < -0.3 is 15.0 Å². The number of benzene rings is 1. The van der Waals surface area contributed by atoms with Gasteiger partial charge in [-0.25, -0.2) is 15.0 Å². The molecule has 0 saturated carbocycles. The van der Waals surface area contributed by atoms with Crippen LogP contribution >= 0.6 is 0 Å². The Morgan fingerprint density at radius 2 is 2.03 bits per heavy atom. The molecule has 3 aromatic rings. The summed E-state index contributed by atoms with van der Waals surface area (Å²) in [6, 6.07) is 12.5. The monoisotopic (exact) mass is 418 g/mol. The molecule has 4 rings (SSSR count). The molecule has 0 amide bonds. The number of rotatable bonds is 6. The topological polar surface area (TPSA) is 67.6 Å². The van der Waals surface area contributed by atoms with Crippen LogP contribution in [0.1, 0.15) is 36.2 Å². The summed E-state index contributed by atoms with van der Waals surface area (Å²) in [5.41, 5.74) is 2.44. The molecular formula is C24H30N6O. The van der Waals surface area contributed by atoms with Crippen molar-refractivity contribution >= 4 is 5.96 Å². The number of pyridine rings is 1. The van der Waals surface area contributed by atoms with E-state index in [2.05, 4.69) is 45.3 Å². The van der Waals surface area contributed by atoms with Crippen LogP contribution in [0.15, 0.2) is 60.0 Å². The fourth-order valence-electron chi connectivity index (χ4n) is 3.97. The van der Waals surface area contributed by atoms with Crippen LogP contribution in [-0.4, -0.2) is 52.1 Å². The smallest absolute Gasteiger partial charge is 0.194 e. The van der Waals surface area contributed by atoms with Crippen molar-refractivity contribution in [2.24, 2.45) is 4.99 Å². The first-order chi connectivity index (χ1) is 15.2. The summed E-state index contributed by atoms with van der Waals surface area (Å²) in [4.78, 5) is 16.1. The Hall–Kier alpha value is -3.35. The van der Waals surface area contributed by atoms with Gasteiger partial charge in [-0.05, 0) is 49.6 Å².